The van der Waals surface area contributed by atoms with Crippen LogP contribution in [0.4, 0.5) is 10.1 Å². The Morgan fingerprint density at radius 2 is 1.74 bits per heavy atom. The fourth-order valence-corrected chi connectivity index (χ4v) is 5.55. The summed E-state index contributed by atoms with van der Waals surface area (Å²) in [6.45, 7) is 1.20. The molecule has 3 aromatic rings. The highest BCUT2D eigenvalue weighted by Gasteiger charge is 2.52. The number of benzene rings is 2. The first-order valence-corrected chi connectivity index (χ1v) is 14.3. The van der Waals surface area contributed by atoms with Crippen molar-refractivity contribution in [2.75, 3.05) is 44.8 Å². The summed E-state index contributed by atoms with van der Waals surface area (Å²) >= 11 is 1.46. The Balaban J connectivity index is 1.16. The number of thiophene rings is 1. The number of aliphatic hydroxyl groups excluding tert-OH is 1. The summed E-state index contributed by atoms with van der Waals surface area (Å²) in [4.78, 5) is 41.5. The first-order chi connectivity index (χ1) is 20.3. The van der Waals surface area contributed by atoms with E-state index in [9.17, 15) is 18.8 Å². The Morgan fingerprint density at radius 3 is 2.43 bits per heavy atom. The van der Waals surface area contributed by atoms with Crippen molar-refractivity contribution in [1.82, 2.24) is 15.5 Å². The minimum absolute atomic E-state index is 0.0138. The number of rotatable bonds is 11. The van der Waals surface area contributed by atoms with Crippen LogP contribution >= 0.6 is 11.3 Å². The smallest absolute Gasteiger partial charge is 0.251 e. The molecule has 3 amide bonds. The molecule has 11 nitrogen and oxygen atoms in total. The molecule has 222 valence electrons. The minimum Gasteiger partial charge on any atom is -0.457 e. The second kappa shape index (κ2) is 13.3. The maximum atomic E-state index is 13.2. The van der Waals surface area contributed by atoms with Crippen molar-refractivity contribution < 1.29 is 38.1 Å². The zero-order valence-corrected chi connectivity index (χ0v) is 23.5. The van der Waals surface area contributed by atoms with Crippen molar-refractivity contribution in [2.45, 2.75) is 24.8 Å². The second-order valence-electron chi connectivity index (χ2n) is 9.78. The SMILES string of the molecule is O=C(NCC(=O)N1CC2(C[C@H]1C(=O)NCc1cc(NCCO)cs1)OCCO2)c1ccc(Oc2ccc(F)cc2)cc1. The Bertz CT molecular complexity index is 1390. The number of hydrogen-bond acceptors (Lipinski definition) is 9. The standard InChI is InChI=1S/C29H31FN4O7S/c30-20-3-7-23(8-4-20)41-22-5-1-19(2-6-22)27(37)33-16-26(36)34-18-29(39-11-12-40-29)14-25(34)28(38)32-15-24-13-21(17-42-24)31-9-10-35/h1-8,13,17,25,31,35H,9-12,14-16,18H2,(H,32,38)(H,33,37)/t25-/m0/s1. The van der Waals surface area contributed by atoms with Crippen LogP contribution in [0, 0.1) is 5.82 Å². The van der Waals surface area contributed by atoms with Crippen LogP contribution in [0.1, 0.15) is 21.7 Å². The molecule has 3 heterocycles. The number of ether oxygens (including phenoxy) is 3. The number of nitrogens with zero attached hydrogens (tertiary/aromatic N) is 1. The molecular formula is C29H31FN4O7S. The summed E-state index contributed by atoms with van der Waals surface area (Å²) in [5.74, 6) is -1.77. The average molecular weight is 599 g/mol. The highest BCUT2D eigenvalue weighted by atomic mass is 32.1. The van der Waals surface area contributed by atoms with Gasteiger partial charge in [-0.3, -0.25) is 14.4 Å². The quantitative estimate of drug-likeness (QED) is 0.264. The van der Waals surface area contributed by atoms with Gasteiger partial charge in [-0.15, -0.1) is 11.3 Å². The van der Waals surface area contributed by atoms with E-state index in [0.717, 1.165) is 10.6 Å². The van der Waals surface area contributed by atoms with Crippen molar-refractivity contribution in [3.8, 4) is 11.5 Å². The van der Waals surface area contributed by atoms with E-state index >= 15 is 0 Å². The number of halogens is 1. The molecule has 1 spiro atoms. The Labute approximate surface area is 245 Å². The van der Waals surface area contributed by atoms with E-state index in [0.29, 0.717) is 36.8 Å². The van der Waals surface area contributed by atoms with Gasteiger partial charge in [-0.25, -0.2) is 4.39 Å². The largest absolute Gasteiger partial charge is 0.457 e. The number of amides is 3. The molecule has 2 saturated heterocycles. The fraction of sp³-hybridized carbons (Fsp3) is 0.345. The number of anilines is 1. The molecule has 2 fully saturated rings. The van der Waals surface area contributed by atoms with Gasteiger partial charge in [0.1, 0.15) is 23.4 Å². The molecule has 1 atom stereocenters. The highest BCUT2D eigenvalue weighted by Crippen LogP contribution is 2.35. The van der Waals surface area contributed by atoms with Crippen LogP contribution in [-0.2, 0) is 25.6 Å². The van der Waals surface area contributed by atoms with Gasteiger partial charge in [-0.1, -0.05) is 0 Å². The van der Waals surface area contributed by atoms with Gasteiger partial charge in [-0.05, 0) is 54.6 Å². The fourth-order valence-electron chi connectivity index (χ4n) is 4.77. The van der Waals surface area contributed by atoms with Crippen molar-refractivity contribution >= 4 is 34.7 Å². The van der Waals surface area contributed by atoms with E-state index in [-0.39, 0.29) is 44.4 Å². The number of nitrogens with one attached hydrogen (secondary N) is 3. The van der Waals surface area contributed by atoms with Gasteiger partial charge in [0, 0.05) is 34.5 Å². The predicted molar refractivity (Wildman–Crippen MR) is 152 cm³/mol. The molecule has 0 unspecified atom stereocenters. The minimum atomic E-state index is -1.05. The van der Waals surface area contributed by atoms with Crippen LogP contribution in [0.5, 0.6) is 11.5 Å². The number of hydrogen-bond donors (Lipinski definition) is 4. The van der Waals surface area contributed by atoms with Crippen LogP contribution in [0.25, 0.3) is 0 Å². The van der Waals surface area contributed by atoms with E-state index in [2.05, 4.69) is 16.0 Å². The molecular weight excluding hydrogens is 567 g/mol. The molecule has 2 aliphatic heterocycles. The number of carbonyl (C=O) groups excluding carboxylic acids is 3. The van der Waals surface area contributed by atoms with Crippen molar-refractivity contribution in [1.29, 1.82) is 0 Å². The summed E-state index contributed by atoms with van der Waals surface area (Å²) in [5.41, 5.74) is 1.17. The average Bonchev–Trinajstić information content (AvgIpc) is 3.75. The molecule has 0 bridgehead atoms. The van der Waals surface area contributed by atoms with Gasteiger partial charge in [0.15, 0.2) is 5.79 Å². The van der Waals surface area contributed by atoms with Crippen molar-refractivity contribution in [3.63, 3.8) is 0 Å². The van der Waals surface area contributed by atoms with Crippen LogP contribution in [0.3, 0.4) is 0 Å². The summed E-state index contributed by atoms with van der Waals surface area (Å²) in [6.07, 6.45) is 0.182. The zero-order chi connectivity index (χ0) is 29.5. The lowest BCUT2D eigenvalue weighted by atomic mass is 10.1. The number of likely N-dealkylation sites (tertiary alicyclic amines) is 1. The molecule has 0 saturated carbocycles. The molecule has 13 heteroatoms. The van der Waals surface area contributed by atoms with E-state index in [1.165, 1.54) is 40.5 Å². The lowest BCUT2D eigenvalue weighted by Crippen LogP contribution is -2.49. The predicted octanol–water partition coefficient (Wildman–Crippen LogP) is 2.47. The zero-order valence-electron chi connectivity index (χ0n) is 22.6. The second-order valence-corrected chi connectivity index (χ2v) is 10.8. The van der Waals surface area contributed by atoms with Gasteiger partial charge in [0.25, 0.3) is 5.91 Å². The molecule has 2 aliphatic rings. The topological polar surface area (TPSA) is 138 Å². The molecule has 2 aromatic carbocycles. The Morgan fingerprint density at radius 1 is 1.05 bits per heavy atom. The van der Waals surface area contributed by atoms with Gasteiger partial charge in [0.2, 0.25) is 11.8 Å². The highest BCUT2D eigenvalue weighted by molar-refractivity contribution is 7.10. The van der Waals surface area contributed by atoms with E-state index in [1.54, 1.807) is 24.3 Å². The Hall–Kier alpha value is -4.04. The third-order valence-electron chi connectivity index (χ3n) is 6.83. The number of aliphatic hydroxyl groups is 1. The molecule has 4 N–H and O–H groups in total. The first-order valence-electron chi connectivity index (χ1n) is 13.4. The lowest BCUT2D eigenvalue weighted by Gasteiger charge is -2.24. The van der Waals surface area contributed by atoms with Gasteiger partial charge in [-0.2, -0.15) is 0 Å². The normalized spacial score (nSPS) is 17.3. The summed E-state index contributed by atoms with van der Waals surface area (Å²) < 4.78 is 30.3. The first kappa shape index (κ1) is 29.5. The van der Waals surface area contributed by atoms with Crippen LogP contribution in [-0.4, -0.2) is 79.0 Å². The van der Waals surface area contributed by atoms with E-state index in [4.69, 9.17) is 19.3 Å². The monoisotopic (exact) mass is 598 g/mol. The van der Waals surface area contributed by atoms with Crippen LogP contribution in [0.15, 0.2) is 60.0 Å². The van der Waals surface area contributed by atoms with Gasteiger partial charge < -0.3 is 40.2 Å². The van der Waals surface area contributed by atoms with Crippen LogP contribution in [0.2, 0.25) is 0 Å². The molecule has 1 aromatic heterocycles. The summed E-state index contributed by atoms with van der Waals surface area (Å²) in [6, 6.07) is 12.9. The molecule has 0 aliphatic carbocycles. The maximum Gasteiger partial charge on any atom is 0.251 e. The van der Waals surface area contributed by atoms with Gasteiger partial charge in [0.05, 0.1) is 39.5 Å². The van der Waals surface area contributed by atoms with Crippen LogP contribution < -0.4 is 20.7 Å². The third kappa shape index (κ3) is 7.23. The maximum absolute atomic E-state index is 13.2. The molecule has 5 rings (SSSR count). The summed E-state index contributed by atoms with van der Waals surface area (Å²) in [5, 5.41) is 19.4. The van der Waals surface area contributed by atoms with Gasteiger partial charge >= 0.3 is 0 Å². The summed E-state index contributed by atoms with van der Waals surface area (Å²) in [7, 11) is 0. The number of carbonyl (C=O) groups is 3. The lowest BCUT2D eigenvalue weighted by molar-refractivity contribution is -0.152. The Kier molecular flexibility index (Phi) is 9.32. The van der Waals surface area contributed by atoms with Crippen molar-refractivity contribution in [3.05, 3.63) is 76.2 Å². The van der Waals surface area contributed by atoms with E-state index < -0.39 is 23.6 Å². The van der Waals surface area contributed by atoms with Crippen molar-refractivity contribution in [2.24, 2.45) is 0 Å². The molecule has 0 radical (unpaired) electrons. The molecule has 42 heavy (non-hydrogen) atoms. The van der Waals surface area contributed by atoms with E-state index in [1.807, 2.05) is 11.4 Å². The third-order valence-corrected chi connectivity index (χ3v) is 7.76.